The Morgan fingerprint density at radius 2 is 1.45 bits per heavy atom. The Kier molecular flexibility index (Phi) is 15.1. The van der Waals surface area contributed by atoms with Crippen molar-refractivity contribution in [2.24, 2.45) is 0 Å². The van der Waals surface area contributed by atoms with Gasteiger partial charge >= 0.3 is 29.8 Å². The second kappa shape index (κ2) is 20.6. The lowest BCUT2D eigenvalue weighted by molar-refractivity contribution is -0.155. The highest BCUT2D eigenvalue weighted by atomic mass is 32.2. The number of nitrogens with two attached hydrogens (primary N) is 1. The first-order valence-electron chi connectivity index (χ1n) is 20.2. The SMILES string of the molecule is CCN1CCN(C(=O)N[C@@H](C(=O)N[C@@H]2C(=O)N3C(C(=O)OC(c4ccccc4)c4ccccc4)=C(COC(C)=O)CS[C@@H]23)c2ccc(N)cc2)C(=O)C1=O.Cc1ccc(S(=O)(=O)O)cc1. The molecule has 20 heteroatoms. The number of carbonyl (C=O) groups is 7. The van der Waals surface area contributed by atoms with Crippen LogP contribution in [0.3, 0.4) is 0 Å². The lowest BCUT2D eigenvalue weighted by Crippen LogP contribution is -2.71. The number of nitrogens with one attached hydrogen (secondary N) is 2. The van der Waals surface area contributed by atoms with Crippen molar-refractivity contribution >= 4 is 69.2 Å². The zero-order valence-corrected chi connectivity index (χ0v) is 37.0. The molecule has 4 aromatic carbocycles. The highest BCUT2D eigenvalue weighted by Crippen LogP contribution is 2.42. The standard InChI is InChI=1S/C38H38N6O9S.C7H8O3S/c1-3-42-18-19-43(35(49)34(42)48)38(51)41-28(23-14-16-27(39)17-15-23)32(46)40-29-33(47)44-30(26(20-52-22(2)45)21-54-36(29)44)37(50)53-31(24-10-6-4-7-11-24)25-12-8-5-9-13-25;1-6-2-4-7(5-3-6)11(8,9)10/h4-17,28-29,31,36H,3,18-21,39H2,1-2H3,(H,40,46)(H,41,51);2-5H,1H3,(H,8,9,10)/t28-,29-,36+;/m1./s1. The highest BCUT2D eigenvalue weighted by molar-refractivity contribution is 8.00. The van der Waals surface area contributed by atoms with Gasteiger partial charge in [0.2, 0.25) is 5.91 Å². The van der Waals surface area contributed by atoms with Gasteiger partial charge in [-0.25, -0.2) is 9.59 Å². The Labute approximate surface area is 378 Å². The number of ether oxygens (including phenoxy) is 2. The molecule has 2 saturated heterocycles. The molecule has 3 aliphatic rings. The summed E-state index contributed by atoms with van der Waals surface area (Å²) < 4.78 is 40.9. The molecule has 0 unspecified atom stereocenters. The molecular formula is C45H46N6O12S2. The van der Waals surface area contributed by atoms with E-state index >= 15 is 0 Å². The summed E-state index contributed by atoms with van der Waals surface area (Å²) in [6.45, 7) is 4.87. The smallest absolute Gasteiger partial charge is 0.356 e. The zero-order chi connectivity index (χ0) is 47.0. The number of fused-ring (bicyclic) bond motifs is 1. The number of nitrogen functional groups attached to an aromatic ring is 1. The third-order valence-corrected chi connectivity index (χ3v) is 12.7. The first-order valence-corrected chi connectivity index (χ1v) is 22.7. The van der Waals surface area contributed by atoms with Crippen LogP contribution in [0.5, 0.6) is 0 Å². The number of aryl methyl sites for hydroxylation is 1. The van der Waals surface area contributed by atoms with Crippen LogP contribution in [0.4, 0.5) is 10.5 Å². The van der Waals surface area contributed by atoms with E-state index in [1.54, 1.807) is 19.1 Å². The van der Waals surface area contributed by atoms with Crippen LogP contribution in [0, 0.1) is 6.92 Å². The van der Waals surface area contributed by atoms with Crippen molar-refractivity contribution in [2.75, 3.05) is 37.7 Å². The van der Waals surface area contributed by atoms with Gasteiger partial charge in [0, 0.05) is 43.6 Å². The van der Waals surface area contributed by atoms with Gasteiger partial charge < -0.3 is 30.7 Å². The van der Waals surface area contributed by atoms with Gasteiger partial charge in [0.15, 0.2) is 6.10 Å². The van der Waals surface area contributed by atoms with Crippen LogP contribution in [0.1, 0.15) is 48.2 Å². The predicted molar refractivity (Wildman–Crippen MR) is 237 cm³/mol. The number of nitrogens with zero attached hydrogens (tertiary/aromatic N) is 3. The van der Waals surface area contributed by atoms with E-state index in [-0.39, 0.29) is 36.0 Å². The number of esters is 2. The molecule has 7 rings (SSSR count). The van der Waals surface area contributed by atoms with Crippen molar-refractivity contribution in [1.82, 2.24) is 25.3 Å². The number of hydrogen-bond donors (Lipinski definition) is 4. The van der Waals surface area contributed by atoms with Gasteiger partial charge in [0.25, 0.3) is 16.0 Å². The van der Waals surface area contributed by atoms with Crippen molar-refractivity contribution in [3.05, 3.63) is 143 Å². The number of anilines is 1. The molecule has 3 aliphatic heterocycles. The molecular weight excluding hydrogens is 881 g/mol. The van der Waals surface area contributed by atoms with E-state index in [1.807, 2.05) is 67.6 Å². The molecule has 65 heavy (non-hydrogen) atoms. The number of imide groups is 1. The van der Waals surface area contributed by atoms with Crippen LogP contribution in [0.2, 0.25) is 0 Å². The van der Waals surface area contributed by atoms with E-state index in [1.165, 1.54) is 64.9 Å². The molecule has 0 radical (unpaired) electrons. The van der Waals surface area contributed by atoms with Crippen LogP contribution in [-0.4, -0.2) is 113 Å². The fourth-order valence-corrected chi connectivity index (χ4v) is 8.83. The molecule has 2 fully saturated rings. The van der Waals surface area contributed by atoms with E-state index in [2.05, 4.69) is 10.6 Å². The Bertz CT molecular complexity index is 2560. The lowest BCUT2D eigenvalue weighted by atomic mass is 10.00. The number of β-lactam (4-membered cyclic amide) rings is 1. The number of thioether (sulfide) groups is 1. The number of likely N-dealkylation sites (N-methyl/N-ethyl adjacent to an activating group) is 1. The maximum atomic E-state index is 14.1. The molecule has 0 aromatic heterocycles. The first-order chi connectivity index (χ1) is 31.0. The average molecular weight is 927 g/mol. The molecule has 6 amide bonds. The average Bonchev–Trinajstić information content (AvgIpc) is 3.29. The Balaban J connectivity index is 0.000000557. The first kappa shape index (κ1) is 47.4. The highest BCUT2D eigenvalue weighted by Gasteiger charge is 2.55. The number of piperazine rings is 1. The zero-order valence-electron chi connectivity index (χ0n) is 35.4. The van der Waals surface area contributed by atoms with Crippen molar-refractivity contribution in [3.8, 4) is 0 Å². The number of urea groups is 1. The molecule has 4 aromatic rings. The molecule has 340 valence electrons. The monoisotopic (exact) mass is 926 g/mol. The van der Waals surface area contributed by atoms with Gasteiger partial charge in [-0.15, -0.1) is 11.8 Å². The topological polar surface area (TPSA) is 252 Å². The van der Waals surface area contributed by atoms with E-state index in [0.29, 0.717) is 34.5 Å². The van der Waals surface area contributed by atoms with Gasteiger partial charge in [0.1, 0.15) is 29.8 Å². The molecule has 0 aliphatic carbocycles. The summed E-state index contributed by atoms with van der Waals surface area (Å²) >= 11 is 1.24. The van der Waals surface area contributed by atoms with Gasteiger partial charge in [-0.3, -0.25) is 38.3 Å². The molecule has 5 N–H and O–H groups in total. The normalized spacial score (nSPS) is 17.6. The lowest BCUT2D eigenvalue weighted by Gasteiger charge is -2.50. The van der Waals surface area contributed by atoms with Gasteiger partial charge in [-0.2, -0.15) is 8.42 Å². The molecule has 0 spiro atoms. The second-order valence-electron chi connectivity index (χ2n) is 14.9. The van der Waals surface area contributed by atoms with Crippen molar-refractivity contribution in [3.63, 3.8) is 0 Å². The van der Waals surface area contributed by atoms with E-state index in [9.17, 15) is 42.0 Å². The predicted octanol–water partition coefficient (Wildman–Crippen LogP) is 3.50. The summed E-state index contributed by atoms with van der Waals surface area (Å²) in [4.78, 5) is 95.6. The molecule has 0 saturated carbocycles. The summed E-state index contributed by atoms with van der Waals surface area (Å²) in [5, 5.41) is 4.48. The second-order valence-corrected chi connectivity index (χ2v) is 17.4. The van der Waals surface area contributed by atoms with E-state index in [0.717, 1.165) is 10.5 Å². The Morgan fingerprint density at radius 1 is 0.846 bits per heavy atom. The van der Waals surface area contributed by atoms with Crippen LogP contribution in [0.15, 0.2) is 125 Å². The molecule has 0 bridgehead atoms. The van der Waals surface area contributed by atoms with Gasteiger partial charge in [-0.05, 0) is 54.8 Å². The summed E-state index contributed by atoms with van der Waals surface area (Å²) in [7, 11) is -4.02. The number of hydrogen-bond acceptors (Lipinski definition) is 13. The maximum Gasteiger partial charge on any atom is 0.356 e. The Hall–Kier alpha value is -7.03. The number of rotatable bonds is 12. The number of benzene rings is 4. The van der Waals surface area contributed by atoms with Crippen molar-refractivity contribution < 1.29 is 56.0 Å². The molecule has 18 nitrogen and oxygen atoms in total. The van der Waals surface area contributed by atoms with Gasteiger partial charge in [-0.1, -0.05) is 90.5 Å². The maximum absolute atomic E-state index is 14.1. The largest absolute Gasteiger partial charge is 0.461 e. The van der Waals surface area contributed by atoms with E-state index in [4.69, 9.17) is 19.8 Å². The third kappa shape index (κ3) is 11.2. The Morgan fingerprint density at radius 3 is 2.00 bits per heavy atom. The van der Waals surface area contributed by atoms with Crippen LogP contribution in [0.25, 0.3) is 0 Å². The van der Waals surface area contributed by atoms with Crippen LogP contribution >= 0.6 is 11.8 Å². The number of amides is 6. The molecule has 3 atom stereocenters. The summed E-state index contributed by atoms with van der Waals surface area (Å²) in [6.07, 6.45) is -0.835. The summed E-state index contributed by atoms with van der Waals surface area (Å²) in [5.74, 6) is -4.53. The minimum Gasteiger partial charge on any atom is -0.461 e. The van der Waals surface area contributed by atoms with Crippen LogP contribution < -0.4 is 16.4 Å². The fraction of sp³-hybridized carbons (Fsp3) is 0.267. The minimum absolute atomic E-state index is 0.0666. The van der Waals surface area contributed by atoms with Crippen molar-refractivity contribution in [2.45, 2.75) is 49.2 Å². The fourth-order valence-electron chi connectivity index (χ4n) is 7.03. The van der Waals surface area contributed by atoms with E-state index < -0.39 is 75.3 Å². The third-order valence-electron chi connectivity index (χ3n) is 10.5. The van der Waals surface area contributed by atoms with Crippen LogP contribution in [-0.2, 0) is 48.4 Å². The van der Waals surface area contributed by atoms with Crippen molar-refractivity contribution in [1.29, 1.82) is 0 Å². The number of carbonyl (C=O) groups excluding carboxylic acids is 7. The molecule has 3 heterocycles. The van der Waals surface area contributed by atoms with Gasteiger partial charge in [0.05, 0.1) is 4.90 Å². The minimum atomic E-state index is -4.02. The summed E-state index contributed by atoms with van der Waals surface area (Å²) in [6, 6.07) is 26.7. The summed E-state index contributed by atoms with van der Waals surface area (Å²) in [5.41, 5.74) is 9.14. The quantitative estimate of drug-likeness (QED) is 0.0522.